The predicted octanol–water partition coefficient (Wildman–Crippen LogP) is 2.40. The van der Waals surface area contributed by atoms with Crippen LogP contribution in [0.5, 0.6) is 0 Å². The summed E-state index contributed by atoms with van der Waals surface area (Å²) < 4.78 is 0. The van der Waals surface area contributed by atoms with Gasteiger partial charge in [-0.25, -0.2) is 0 Å². The molecular weight excluding hydrogens is 276 g/mol. The number of anilines is 2. The Morgan fingerprint density at radius 2 is 1.80 bits per heavy atom. The highest BCUT2D eigenvalue weighted by atomic mass is 35.5. The number of halogens is 1. The summed E-state index contributed by atoms with van der Waals surface area (Å²) in [5, 5.41) is 6.39. The quantitative estimate of drug-likeness (QED) is 0.816. The zero-order valence-electron chi connectivity index (χ0n) is 11.3. The minimum Gasteiger partial charge on any atom is -0.354 e. The number of rotatable bonds is 7. The van der Waals surface area contributed by atoms with Gasteiger partial charge in [0, 0.05) is 31.4 Å². The average Bonchev–Trinajstić information content (AvgIpc) is 2.46. The second kappa shape index (κ2) is 7.59. The molecule has 2 aromatic heterocycles. The van der Waals surface area contributed by atoms with Gasteiger partial charge in [0.2, 0.25) is 17.2 Å². The van der Waals surface area contributed by atoms with Crippen molar-refractivity contribution in [2.45, 2.75) is 19.8 Å². The molecule has 0 fully saturated rings. The first-order valence-corrected chi connectivity index (χ1v) is 6.95. The maximum Gasteiger partial charge on any atom is 0.228 e. The van der Waals surface area contributed by atoms with Gasteiger partial charge in [0.05, 0.1) is 0 Å². The van der Waals surface area contributed by atoms with Crippen LogP contribution in [-0.2, 0) is 6.42 Å². The molecule has 2 heterocycles. The molecule has 0 spiro atoms. The summed E-state index contributed by atoms with van der Waals surface area (Å²) >= 11 is 5.87. The van der Waals surface area contributed by atoms with E-state index in [0.29, 0.717) is 18.4 Å². The van der Waals surface area contributed by atoms with Crippen LogP contribution in [0, 0.1) is 0 Å². The van der Waals surface area contributed by atoms with E-state index in [1.807, 2.05) is 18.2 Å². The second-order valence-corrected chi connectivity index (χ2v) is 4.51. The van der Waals surface area contributed by atoms with E-state index in [1.54, 1.807) is 6.20 Å². The Bertz CT molecular complexity index is 534. The Balaban J connectivity index is 1.90. The summed E-state index contributed by atoms with van der Waals surface area (Å²) in [5.41, 5.74) is 1.02. The van der Waals surface area contributed by atoms with E-state index in [2.05, 4.69) is 37.5 Å². The first-order chi connectivity index (χ1) is 9.78. The Morgan fingerprint density at radius 3 is 2.45 bits per heavy atom. The van der Waals surface area contributed by atoms with Crippen LogP contribution in [0.15, 0.2) is 24.4 Å². The third kappa shape index (κ3) is 4.62. The van der Waals surface area contributed by atoms with E-state index in [0.717, 1.165) is 25.1 Å². The molecule has 0 bridgehead atoms. The van der Waals surface area contributed by atoms with Crippen LogP contribution in [0.25, 0.3) is 0 Å². The monoisotopic (exact) mass is 292 g/mol. The van der Waals surface area contributed by atoms with Crippen molar-refractivity contribution in [1.29, 1.82) is 0 Å². The van der Waals surface area contributed by atoms with E-state index in [4.69, 9.17) is 11.6 Å². The minimum absolute atomic E-state index is 0.180. The molecule has 0 unspecified atom stereocenters. The van der Waals surface area contributed by atoms with Gasteiger partial charge in [0.15, 0.2) is 0 Å². The lowest BCUT2D eigenvalue weighted by molar-refractivity contribution is 0.914. The van der Waals surface area contributed by atoms with Crippen molar-refractivity contribution in [3.63, 3.8) is 0 Å². The zero-order chi connectivity index (χ0) is 14.2. The molecular formula is C13H17ClN6. The molecule has 0 aliphatic rings. The normalized spacial score (nSPS) is 10.3. The van der Waals surface area contributed by atoms with Crippen molar-refractivity contribution in [3.8, 4) is 0 Å². The molecule has 0 saturated carbocycles. The summed E-state index contributed by atoms with van der Waals surface area (Å²) in [5.74, 6) is 0.965. The van der Waals surface area contributed by atoms with Crippen molar-refractivity contribution in [2.75, 3.05) is 23.7 Å². The summed E-state index contributed by atoms with van der Waals surface area (Å²) in [4.78, 5) is 16.6. The maximum atomic E-state index is 5.87. The van der Waals surface area contributed by atoms with Gasteiger partial charge in [-0.3, -0.25) is 4.98 Å². The Kier molecular flexibility index (Phi) is 5.49. The van der Waals surface area contributed by atoms with Crippen LogP contribution >= 0.6 is 11.6 Å². The maximum absolute atomic E-state index is 5.87. The molecule has 2 N–H and O–H groups in total. The van der Waals surface area contributed by atoms with E-state index in [1.165, 1.54) is 0 Å². The molecule has 0 aliphatic heterocycles. The second-order valence-electron chi connectivity index (χ2n) is 4.18. The number of nitrogens with zero attached hydrogens (tertiary/aromatic N) is 4. The number of nitrogens with one attached hydrogen (secondary N) is 2. The highest BCUT2D eigenvalue weighted by Gasteiger charge is 2.04. The van der Waals surface area contributed by atoms with Gasteiger partial charge in [-0.15, -0.1) is 0 Å². The number of hydrogen-bond donors (Lipinski definition) is 2. The van der Waals surface area contributed by atoms with Gasteiger partial charge in [0.1, 0.15) is 0 Å². The first kappa shape index (κ1) is 14.5. The molecule has 0 aromatic carbocycles. The van der Waals surface area contributed by atoms with Crippen molar-refractivity contribution >= 4 is 23.5 Å². The molecule has 6 nitrogen and oxygen atoms in total. The highest BCUT2D eigenvalue weighted by molar-refractivity contribution is 6.28. The molecule has 7 heteroatoms. The molecule has 0 saturated heterocycles. The van der Waals surface area contributed by atoms with Gasteiger partial charge in [-0.05, 0) is 30.2 Å². The highest BCUT2D eigenvalue weighted by Crippen LogP contribution is 2.09. The third-order valence-corrected chi connectivity index (χ3v) is 2.70. The van der Waals surface area contributed by atoms with E-state index in [9.17, 15) is 0 Å². The first-order valence-electron chi connectivity index (χ1n) is 6.57. The third-order valence-electron chi connectivity index (χ3n) is 2.53. The van der Waals surface area contributed by atoms with Crippen LogP contribution in [0.4, 0.5) is 11.9 Å². The van der Waals surface area contributed by atoms with Crippen molar-refractivity contribution in [3.05, 3.63) is 35.4 Å². The topological polar surface area (TPSA) is 75.6 Å². The molecule has 106 valence electrons. The van der Waals surface area contributed by atoms with Crippen LogP contribution in [0.3, 0.4) is 0 Å². The Hall–Kier alpha value is -1.95. The van der Waals surface area contributed by atoms with E-state index >= 15 is 0 Å². The standard InChI is InChI=1S/C13H17ClN6/c1-2-7-16-12-18-11(14)19-13(20-12)17-9-6-10-5-3-4-8-15-10/h3-5,8H,2,6-7,9H2,1H3,(H2,16,17,18,19,20). The van der Waals surface area contributed by atoms with Crippen LogP contribution in [0.2, 0.25) is 5.28 Å². The molecule has 0 amide bonds. The Labute approximate surface area is 123 Å². The molecule has 2 rings (SSSR count). The average molecular weight is 293 g/mol. The molecule has 0 aliphatic carbocycles. The lowest BCUT2D eigenvalue weighted by atomic mass is 10.3. The molecule has 0 atom stereocenters. The summed E-state index contributed by atoms with van der Waals surface area (Å²) in [6.07, 6.45) is 3.56. The van der Waals surface area contributed by atoms with Crippen LogP contribution in [-0.4, -0.2) is 33.0 Å². The van der Waals surface area contributed by atoms with Gasteiger partial charge in [-0.1, -0.05) is 13.0 Å². The molecule has 20 heavy (non-hydrogen) atoms. The number of hydrogen-bond acceptors (Lipinski definition) is 6. The van der Waals surface area contributed by atoms with Crippen LogP contribution < -0.4 is 10.6 Å². The van der Waals surface area contributed by atoms with Gasteiger partial charge < -0.3 is 10.6 Å². The number of aromatic nitrogens is 4. The zero-order valence-corrected chi connectivity index (χ0v) is 12.1. The lowest BCUT2D eigenvalue weighted by Crippen LogP contribution is -2.12. The summed E-state index contributed by atoms with van der Waals surface area (Å²) in [6.45, 7) is 3.56. The van der Waals surface area contributed by atoms with Crippen molar-refractivity contribution in [2.24, 2.45) is 0 Å². The Morgan fingerprint density at radius 1 is 1.05 bits per heavy atom. The van der Waals surface area contributed by atoms with E-state index < -0.39 is 0 Å². The SMILES string of the molecule is CCCNc1nc(Cl)nc(NCCc2ccccn2)n1. The van der Waals surface area contributed by atoms with Crippen molar-refractivity contribution < 1.29 is 0 Å². The largest absolute Gasteiger partial charge is 0.354 e. The van der Waals surface area contributed by atoms with Crippen LogP contribution in [0.1, 0.15) is 19.0 Å². The van der Waals surface area contributed by atoms with Gasteiger partial charge in [0.25, 0.3) is 0 Å². The van der Waals surface area contributed by atoms with Gasteiger partial charge >= 0.3 is 0 Å². The smallest absolute Gasteiger partial charge is 0.228 e. The number of pyridine rings is 1. The minimum atomic E-state index is 0.180. The van der Waals surface area contributed by atoms with Crippen molar-refractivity contribution in [1.82, 2.24) is 19.9 Å². The molecule has 2 aromatic rings. The fourth-order valence-electron chi connectivity index (χ4n) is 1.59. The fourth-order valence-corrected chi connectivity index (χ4v) is 1.75. The summed E-state index contributed by atoms with van der Waals surface area (Å²) in [6, 6.07) is 5.85. The van der Waals surface area contributed by atoms with E-state index in [-0.39, 0.29) is 5.28 Å². The molecule has 0 radical (unpaired) electrons. The predicted molar refractivity (Wildman–Crippen MR) is 80.0 cm³/mol. The summed E-state index contributed by atoms with van der Waals surface area (Å²) in [7, 11) is 0. The fraction of sp³-hybridized carbons (Fsp3) is 0.385. The van der Waals surface area contributed by atoms with Gasteiger partial charge in [-0.2, -0.15) is 15.0 Å². The lowest BCUT2D eigenvalue weighted by Gasteiger charge is -2.07.